The van der Waals surface area contributed by atoms with Crippen molar-refractivity contribution in [2.45, 2.75) is 12.8 Å². The molecule has 2 amide bonds. The highest BCUT2D eigenvalue weighted by Crippen LogP contribution is 2.43. The third-order valence-electron chi connectivity index (χ3n) is 3.40. The molecule has 1 aliphatic heterocycles. The number of carbonyl (C=O) groups is 2. The fourth-order valence-electron chi connectivity index (χ4n) is 2.03. The van der Waals surface area contributed by atoms with Crippen LogP contribution in [0.2, 0.25) is 0 Å². The zero-order chi connectivity index (χ0) is 13.4. The van der Waals surface area contributed by atoms with E-state index in [2.05, 4.69) is 20.5 Å². The summed E-state index contributed by atoms with van der Waals surface area (Å²) in [5.74, 6) is 0.444. The van der Waals surface area contributed by atoms with Crippen LogP contribution in [-0.2, 0) is 9.53 Å². The van der Waals surface area contributed by atoms with Gasteiger partial charge in [0.1, 0.15) is 6.61 Å². The molecule has 100 valence electrons. The summed E-state index contributed by atoms with van der Waals surface area (Å²) in [7, 11) is 0. The standard InChI is InChI=1S/C9H7NO2.C4H6BrNO/c11-9-10(3-4-12-9)8-5-6-1-2-7(6)8;5-6-4(7)3-1-2-3/h1-2,5H,3-4H2;3H,1-2H2,(H,6,7). The van der Waals surface area contributed by atoms with Crippen LogP contribution in [0.25, 0.3) is 11.1 Å². The van der Waals surface area contributed by atoms with Gasteiger partial charge < -0.3 is 4.74 Å². The molecule has 0 spiro atoms. The zero-order valence-corrected chi connectivity index (χ0v) is 11.8. The fraction of sp³-hybridized carbons (Fsp3) is 0.385. The predicted molar refractivity (Wildman–Crippen MR) is 73.9 cm³/mol. The molecule has 4 aliphatic rings. The fourth-order valence-corrected chi connectivity index (χ4v) is 2.35. The molecule has 0 bridgehead atoms. The molecule has 0 aromatic rings. The molecule has 1 saturated heterocycles. The number of nitrogens with zero attached hydrogens (tertiary/aromatic N) is 1. The quantitative estimate of drug-likeness (QED) is 0.863. The second-order valence-corrected chi connectivity index (χ2v) is 5.13. The molecule has 1 saturated carbocycles. The van der Waals surface area contributed by atoms with E-state index in [0.717, 1.165) is 18.5 Å². The van der Waals surface area contributed by atoms with E-state index in [-0.39, 0.29) is 12.0 Å². The van der Waals surface area contributed by atoms with E-state index in [1.807, 2.05) is 18.2 Å². The van der Waals surface area contributed by atoms with Gasteiger partial charge in [-0.15, -0.1) is 0 Å². The van der Waals surface area contributed by atoms with Crippen LogP contribution in [0.4, 0.5) is 10.5 Å². The molecular weight excluding hydrogens is 312 g/mol. The Balaban J connectivity index is 0.000000136. The van der Waals surface area contributed by atoms with Crippen LogP contribution in [0.5, 0.6) is 0 Å². The average Bonchev–Trinajstić information content (AvgIpc) is 3.16. The normalized spacial score (nSPS) is 18.4. The lowest BCUT2D eigenvalue weighted by Crippen LogP contribution is -2.26. The summed E-state index contributed by atoms with van der Waals surface area (Å²) >= 11 is 2.86. The Morgan fingerprint density at radius 2 is 2.21 bits per heavy atom. The van der Waals surface area contributed by atoms with Gasteiger partial charge in [0, 0.05) is 27.6 Å². The number of rotatable bonds is 2. The minimum absolute atomic E-state index is 0.125. The van der Waals surface area contributed by atoms with Crippen LogP contribution < -0.4 is 9.24 Å². The molecule has 0 atom stereocenters. The van der Waals surface area contributed by atoms with Crippen LogP contribution in [0.1, 0.15) is 12.8 Å². The third-order valence-corrected chi connectivity index (χ3v) is 3.79. The number of hydrogen-bond donors (Lipinski definition) is 1. The SMILES string of the molecule is O=C(NBr)C1CC1.O=C1OCCN1c1cc2ccc1-2. The molecule has 3 aliphatic carbocycles. The lowest BCUT2D eigenvalue weighted by atomic mass is 9.90. The summed E-state index contributed by atoms with van der Waals surface area (Å²) in [4.78, 5) is 23.2. The Bertz CT molecular complexity index is 543. The zero-order valence-electron chi connectivity index (χ0n) is 10.2. The highest BCUT2D eigenvalue weighted by Gasteiger charge is 2.30. The molecule has 4 rings (SSSR count). The van der Waals surface area contributed by atoms with Crippen LogP contribution in [0.3, 0.4) is 0 Å². The maximum absolute atomic E-state index is 11.1. The van der Waals surface area contributed by atoms with Crippen molar-refractivity contribution in [2.75, 3.05) is 18.1 Å². The molecule has 6 heteroatoms. The molecule has 1 heterocycles. The maximum atomic E-state index is 11.1. The number of nitrogens with one attached hydrogen (secondary N) is 1. The van der Waals surface area contributed by atoms with E-state index in [0.29, 0.717) is 19.1 Å². The molecule has 1 N–H and O–H groups in total. The minimum atomic E-state index is -0.215. The van der Waals surface area contributed by atoms with E-state index < -0.39 is 0 Å². The number of fused-ring (bicyclic) bond motifs is 1. The highest BCUT2D eigenvalue weighted by atomic mass is 79.9. The van der Waals surface area contributed by atoms with E-state index in [1.165, 1.54) is 11.1 Å². The molecular formula is C13H13BrN2O3. The van der Waals surface area contributed by atoms with Gasteiger partial charge in [-0.25, -0.2) is 4.79 Å². The Kier molecular flexibility index (Phi) is 3.18. The maximum Gasteiger partial charge on any atom is 0.414 e. The molecule has 0 aromatic heterocycles. The van der Waals surface area contributed by atoms with Gasteiger partial charge >= 0.3 is 6.09 Å². The summed E-state index contributed by atoms with van der Waals surface area (Å²) in [6.07, 6.45) is 1.92. The summed E-state index contributed by atoms with van der Waals surface area (Å²) < 4.78 is 7.23. The van der Waals surface area contributed by atoms with Gasteiger partial charge in [-0.05, 0) is 24.5 Å². The van der Waals surface area contributed by atoms with Crippen molar-refractivity contribution in [1.82, 2.24) is 4.34 Å². The van der Waals surface area contributed by atoms with Crippen molar-refractivity contribution in [3.63, 3.8) is 0 Å². The van der Waals surface area contributed by atoms with Gasteiger partial charge in [-0.2, -0.15) is 0 Å². The third kappa shape index (κ3) is 2.32. The van der Waals surface area contributed by atoms with E-state index in [9.17, 15) is 9.59 Å². The predicted octanol–water partition coefficient (Wildman–Crippen LogP) is 2.45. The van der Waals surface area contributed by atoms with Gasteiger partial charge in [0.2, 0.25) is 5.91 Å². The summed E-state index contributed by atoms with van der Waals surface area (Å²) in [5.41, 5.74) is 3.48. The summed E-state index contributed by atoms with van der Waals surface area (Å²) in [6.45, 7) is 1.21. The number of amides is 2. The number of ether oxygens (including phenoxy) is 1. The van der Waals surface area contributed by atoms with Gasteiger partial charge in [0.25, 0.3) is 0 Å². The van der Waals surface area contributed by atoms with E-state index >= 15 is 0 Å². The lowest BCUT2D eigenvalue weighted by molar-refractivity contribution is -0.120. The highest BCUT2D eigenvalue weighted by molar-refractivity contribution is 9.08. The van der Waals surface area contributed by atoms with Crippen LogP contribution in [0.15, 0.2) is 18.2 Å². The van der Waals surface area contributed by atoms with Crippen molar-refractivity contribution in [2.24, 2.45) is 5.92 Å². The second kappa shape index (κ2) is 4.85. The first-order valence-electron chi connectivity index (χ1n) is 6.20. The molecule has 5 nitrogen and oxygen atoms in total. The molecule has 0 unspecified atom stereocenters. The molecule has 0 aromatic carbocycles. The van der Waals surface area contributed by atoms with Crippen molar-refractivity contribution in [3.8, 4) is 11.1 Å². The van der Waals surface area contributed by atoms with Crippen molar-refractivity contribution < 1.29 is 14.3 Å². The van der Waals surface area contributed by atoms with Gasteiger partial charge in [0.15, 0.2) is 0 Å². The Hall–Kier alpha value is -1.56. The van der Waals surface area contributed by atoms with Crippen LogP contribution in [0, 0.1) is 5.92 Å². The number of hydrogen-bond acceptors (Lipinski definition) is 3. The largest absolute Gasteiger partial charge is 0.447 e. The molecule has 2 fully saturated rings. The lowest BCUT2D eigenvalue weighted by Gasteiger charge is -2.25. The van der Waals surface area contributed by atoms with Gasteiger partial charge in [-0.3, -0.25) is 14.0 Å². The first kappa shape index (κ1) is 12.5. The average molecular weight is 325 g/mol. The second-order valence-electron chi connectivity index (χ2n) is 4.73. The van der Waals surface area contributed by atoms with Gasteiger partial charge in [0.05, 0.1) is 12.2 Å². The number of halogens is 1. The smallest absolute Gasteiger partial charge is 0.414 e. The number of benzene rings is 1. The molecule has 0 radical (unpaired) electrons. The Morgan fingerprint density at radius 1 is 1.42 bits per heavy atom. The minimum Gasteiger partial charge on any atom is -0.447 e. The number of carbonyl (C=O) groups excluding carboxylic acids is 2. The van der Waals surface area contributed by atoms with Crippen molar-refractivity contribution >= 4 is 33.8 Å². The monoisotopic (exact) mass is 324 g/mol. The Morgan fingerprint density at radius 3 is 2.53 bits per heavy atom. The first-order chi connectivity index (χ1) is 9.20. The Labute approximate surface area is 119 Å². The van der Waals surface area contributed by atoms with Gasteiger partial charge in [-0.1, -0.05) is 12.1 Å². The van der Waals surface area contributed by atoms with E-state index in [1.54, 1.807) is 4.90 Å². The summed E-state index contributed by atoms with van der Waals surface area (Å²) in [6, 6.07) is 6.08. The van der Waals surface area contributed by atoms with Crippen LogP contribution >= 0.6 is 16.1 Å². The van der Waals surface area contributed by atoms with Crippen molar-refractivity contribution in [3.05, 3.63) is 18.2 Å². The van der Waals surface area contributed by atoms with E-state index in [4.69, 9.17) is 4.74 Å². The van der Waals surface area contributed by atoms with Crippen molar-refractivity contribution in [1.29, 1.82) is 0 Å². The van der Waals surface area contributed by atoms with Crippen LogP contribution in [-0.4, -0.2) is 25.2 Å². The number of cyclic esters (lactones) is 1. The first-order valence-corrected chi connectivity index (χ1v) is 6.99. The topological polar surface area (TPSA) is 58.6 Å². The molecule has 19 heavy (non-hydrogen) atoms. The number of anilines is 1. The summed E-state index contributed by atoms with van der Waals surface area (Å²) in [5, 5.41) is 0.